The van der Waals surface area contributed by atoms with E-state index in [9.17, 15) is 22.4 Å². The van der Waals surface area contributed by atoms with Gasteiger partial charge in [-0.3, -0.25) is 15.6 Å². The smallest absolute Gasteiger partial charge is 0.276 e. The van der Waals surface area contributed by atoms with E-state index in [2.05, 4.69) is 20.9 Å². The molecule has 2 aromatic carbocycles. The summed E-state index contributed by atoms with van der Waals surface area (Å²) in [5.74, 6) is -8.96. The number of thiocarbonyl (C=S) groups is 1. The van der Waals surface area contributed by atoms with E-state index in [0.29, 0.717) is 5.69 Å². The Balaban J connectivity index is 1.84. The summed E-state index contributed by atoms with van der Waals surface area (Å²) in [6.45, 7) is -0.905. The topological polar surface area (TPSA) is 62.4 Å². The van der Waals surface area contributed by atoms with Gasteiger partial charge in [0.1, 0.15) is 0 Å². The van der Waals surface area contributed by atoms with Crippen LogP contribution in [0.5, 0.6) is 5.75 Å². The van der Waals surface area contributed by atoms with Crippen LogP contribution in [0.3, 0.4) is 0 Å². The van der Waals surface area contributed by atoms with Gasteiger partial charge in [0.15, 0.2) is 29.1 Å². The van der Waals surface area contributed by atoms with E-state index in [0.717, 1.165) is 0 Å². The standard InChI is InChI=1S/C15H11F4N3O2S/c16-9-6-10(17)13(19)14(12(9)18)24-7-11(23)21-22-15(25)20-8-4-2-1-3-5-8/h1-6H,7H2,(H,21,23)(H2,20,22,25). The molecule has 0 spiro atoms. The quantitative estimate of drug-likeness (QED) is 0.333. The second kappa shape index (κ2) is 8.29. The Labute approximate surface area is 144 Å². The highest BCUT2D eigenvalue weighted by Gasteiger charge is 2.21. The fourth-order valence-electron chi connectivity index (χ4n) is 1.66. The molecule has 0 unspecified atom stereocenters. The van der Waals surface area contributed by atoms with Gasteiger partial charge in [-0.2, -0.15) is 8.78 Å². The summed E-state index contributed by atoms with van der Waals surface area (Å²) < 4.78 is 57.2. The van der Waals surface area contributed by atoms with Gasteiger partial charge in [-0.15, -0.1) is 0 Å². The zero-order chi connectivity index (χ0) is 18.4. The first kappa shape index (κ1) is 18.5. The fourth-order valence-corrected chi connectivity index (χ4v) is 1.83. The van der Waals surface area contributed by atoms with Crippen LogP contribution in [0.2, 0.25) is 0 Å². The Bertz CT molecular complexity index is 764. The Morgan fingerprint density at radius 3 is 2.20 bits per heavy atom. The number of hydrogen-bond donors (Lipinski definition) is 3. The van der Waals surface area contributed by atoms with Crippen LogP contribution < -0.4 is 20.9 Å². The molecular formula is C15H11F4N3O2S. The molecule has 0 saturated carbocycles. The van der Waals surface area contributed by atoms with Crippen LogP contribution in [-0.2, 0) is 4.79 Å². The molecule has 0 aliphatic rings. The second-order valence-electron chi connectivity index (χ2n) is 4.58. The molecule has 0 atom stereocenters. The lowest BCUT2D eigenvalue weighted by molar-refractivity contribution is -0.123. The molecule has 0 aromatic heterocycles. The van der Waals surface area contributed by atoms with Gasteiger partial charge >= 0.3 is 0 Å². The van der Waals surface area contributed by atoms with Crippen molar-refractivity contribution in [1.82, 2.24) is 10.9 Å². The minimum atomic E-state index is -1.74. The number of amides is 1. The Kier molecular flexibility index (Phi) is 6.12. The molecule has 132 valence electrons. The number of rotatable bonds is 4. The SMILES string of the molecule is O=C(COc1c(F)c(F)cc(F)c1F)NNC(=S)Nc1ccccc1. The molecule has 0 saturated heterocycles. The highest BCUT2D eigenvalue weighted by Crippen LogP contribution is 2.26. The van der Waals surface area contributed by atoms with Crippen LogP contribution >= 0.6 is 12.2 Å². The molecule has 0 heterocycles. The molecule has 0 aliphatic carbocycles. The van der Waals surface area contributed by atoms with Gasteiger partial charge < -0.3 is 10.1 Å². The largest absolute Gasteiger partial charge is 0.477 e. The highest BCUT2D eigenvalue weighted by atomic mass is 32.1. The number of halogens is 4. The molecule has 5 nitrogen and oxygen atoms in total. The average Bonchev–Trinajstić information content (AvgIpc) is 2.59. The zero-order valence-electron chi connectivity index (χ0n) is 12.4. The second-order valence-corrected chi connectivity index (χ2v) is 4.99. The van der Waals surface area contributed by atoms with E-state index >= 15 is 0 Å². The van der Waals surface area contributed by atoms with Crippen LogP contribution in [0.25, 0.3) is 0 Å². The van der Waals surface area contributed by atoms with Gasteiger partial charge in [0.25, 0.3) is 5.91 Å². The molecule has 0 fully saturated rings. The lowest BCUT2D eigenvalue weighted by Gasteiger charge is -2.12. The number of benzene rings is 2. The minimum Gasteiger partial charge on any atom is -0.477 e. The predicted octanol–water partition coefficient (Wildman–Crippen LogP) is 2.64. The first-order chi connectivity index (χ1) is 11.9. The maximum Gasteiger partial charge on any atom is 0.276 e. The van der Waals surface area contributed by atoms with Crippen molar-refractivity contribution in [2.24, 2.45) is 0 Å². The minimum absolute atomic E-state index is 0.0346. The molecule has 0 radical (unpaired) electrons. The summed E-state index contributed by atoms with van der Waals surface area (Å²) in [6, 6.07) is 8.81. The van der Waals surface area contributed by atoms with E-state index in [1.807, 2.05) is 0 Å². The maximum atomic E-state index is 13.4. The number of carbonyl (C=O) groups is 1. The lowest BCUT2D eigenvalue weighted by atomic mass is 10.3. The van der Waals surface area contributed by atoms with Gasteiger partial charge in [0.05, 0.1) is 0 Å². The van der Waals surface area contributed by atoms with E-state index in [4.69, 9.17) is 12.2 Å². The summed E-state index contributed by atoms with van der Waals surface area (Å²) in [4.78, 5) is 11.5. The van der Waals surface area contributed by atoms with Gasteiger partial charge in [0.2, 0.25) is 11.6 Å². The van der Waals surface area contributed by atoms with Crippen LogP contribution in [0.15, 0.2) is 36.4 Å². The Morgan fingerprint density at radius 1 is 1.00 bits per heavy atom. The van der Waals surface area contributed by atoms with Gasteiger partial charge in [-0.05, 0) is 24.4 Å². The number of hydrazine groups is 1. The zero-order valence-corrected chi connectivity index (χ0v) is 13.2. The van der Waals surface area contributed by atoms with Crippen LogP contribution in [-0.4, -0.2) is 17.6 Å². The van der Waals surface area contributed by atoms with Gasteiger partial charge in [-0.25, -0.2) is 8.78 Å². The molecular weight excluding hydrogens is 362 g/mol. The number of anilines is 1. The highest BCUT2D eigenvalue weighted by molar-refractivity contribution is 7.80. The fraction of sp³-hybridized carbons (Fsp3) is 0.0667. The van der Waals surface area contributed by atoms with Crippen molar-refractivity contribution in [2.45, 2.75) is 0 Å². The van der Waals surface area contributed by atoms with Crippen molar-refractivity contribution >= 4 is 28.9 Å². The number of carbonyl (C=O) groups excluding carboxylic acids is 1. The predicted molar refractivity (Wildman–Crippen MR) is 85.7 cm³/mol. The maximum absolute atomic E-state index is 13.4. The third-order valence-corrected chi connectivity index (χ3v) is 2.97. The monoisotopic (exact) mass is 373 g/mol. The van der Waals surface area contributed by atoms with Crippen LogP contribution in [0, 0.1) is 23.3 Å². The van der Waals surface area contributed by atoms with Crippen molar-refractivity contribution in [3.63, 3.8) is 0 Å². The molecule has 10 heteroatoms. The summed E-state index contributed by atoms with van der Waals surface area (Å²) in [5, 5.41) is 2.79. The lowest BCUT2D eigenvalue weighted by Crippen LogP contribution is -2.45. The van der Waals surface area contributed by atoms with Crippen molar-refractivity contribution < 1.29 is 27.1 Å². The molecule has 1 amide bonds. The van der Waals surface area contributed by atoms with Crippen LogP contribution in [0.1, 0.15) is 0 Å². The molecule has 3 N–H and O–H groups in total. The third-order valence-electron chi connectivity index (χ3n) is 2.77. The summed E-state index contributed by atoms with van der Waals surface area (Å²) in [5.41, 5.74) is 5.07. The van der Waals surface area contributed by atoms with Gasteiger partial charge in [0, 0.05) is 11.8 Å². The van der Waals surface area contributed by atoms with Crippen LogP contribution in [0.4, 0.5) is 23.2 Å². The molecule has 25 heavy (non-hydrogen) atoms. The Hall–Kier alpha value is -2.88. The van der Waals surface area contributed by atoms with E-state index in [1.54, 1.807) is 30.3 Å². The van der Waals surface area contributed by atoms with Crippen molar-refractivity contribution in [3.05, 3.63) is 59.7 Å². The number of hydrogen-bond acceptors (Lipinski definition) is 3. The third kappa shape index (κ3) is 5.05. The number of ether oxygens (including phenoxy) is 1. The van der Waals surface area contributed by atoms with Crippen molar-refractivity contribution in [3.8, 4) is 5.75 Å². The summed E-state index contributed by atoms with van der Waals surface area (Å²) in [6.07, 6.45) is 0. The Morgan fingerprint density at radius 2 is 1.60 bits per heavy atom. The van der Waals surface area contributed by atoms with Crippen molar-refractivity contribution in [1.29, 1.82) is 0 Å². The molecule has 0 aliphatic heterocycles. The molecule has 2 rings (SSSR count). The van der Waals surface area contributed by atoms with E-state index in [1.165, 1.54) is 0 Å². The van der Waals surface area contributed by atoms with E-state index in [-0.39, 0.29) is 11.2 Å². The van der Waals surface area contributed by atoms with Crippen molar-refractivity contribution in [2.75, 3.05) is 11.9 Å². The molecule has 2 aromatic rings. The number of nitrogens with one attached hydrogen (secondary N) is 3. The molecule has 0 bridgehead atoms. The summed E-state index contributed by atoms with van der Waals surface area (Å²) in [7, 11) is 0. The first-order valence-corrected chi connectivity index (χ1v) is 7.16. The van der Waals surface area contributed by atoms with Gasteiger partial charge in [-0.1, -0.05) is 18.2 Å². The average molecular weight is 373 g/mol. The normalized spacial score (nSPS) is 10.1. The van der Waals surface area contributed by atoms with E-state index < -0.39 is 41.5 Å². The summed E-state index contributed by atoms with van der Waals surface area (Å²) >= 11 is 4.91. The number of para-hydroxylation sites is 1. The first-order valence-electron chi connectivity index (χ1n) is 6.75.